The Labute approximate surface area is 214 Å². The molecule has 182 valence electrons. The molecule has 0 aliphatic heterocycles. The van der Waals surface area contributed by atoms with Crippen LogP contribution in [0.5, 0.6) is 5.75 Å². The minimum Gasteiger partial charge on any atom is -0.491 e. The summed E-state index contributed by atoms with van der Waals surface area (Å²) in [5, 5.41) is 9.15. The molecular formula is C28H20FN5O2S. The molecule has 3 aromatic carbocycles. The Hall–Kier alpha value is -4.63. The van der Waals surface area contributed by atoms with Gasteiger partial charge in [0.15, 0.2) is 17.4 Å². The fourth-order valence-electron chi connectivity index (χ4n) is 4.04. The van der Waals surface area contributed by atoms with Crippen molar-refractivity contribution in [2.24, 2.45) is 0 Å². The van der Waals surface area contributed by atoms with Crippen molar-refractivity contribution in [3.05, 3.63) is 111 Å². The van der Waals surface area contributed by atoms with Gasteiger partial charge in [0.2, 0.25) is 4.96 Å². The van der Waals surface area contributed by atoms with E-state index in [0.717, 1.165) is 11.3 Å². The molecule has 37 heavy (non-hydrogen) atoms. The maximum atomic E-state index is 14.7. The monoisotopic (exact) mass is 509 g/mol. The zero-order valence-electron chi connectivity index (χ0n) is 19.7. The second-order valence-corrected chi connectivity index (χ2v) is 9.21. The molecule has 0 spiro atoms. The highest BCUT2D eigenvalue weighted by Crippen LogP contribution is 2.28. The van der Waals surface area contributed by atoms with Crippen LogP contribution in [0.3, 0.4) is 0 Å². The molecule has 0 atom stereocenters. The maximum Gasteiger partial charge on any atom is 0.291 e. The third-order valence-electron chi connectivity index (χ3n) is 5.77. The lowest BCUT2D eigenvalue weighted by Crippen LogP contribution is -2.23. The Morgan fingerprint density at radius 1 is 0.973 bits per heavy atom. The van der Waals surface area contributed by atoms with E-state index in [2.05, 4.69) is 10.1 Å². The lowest BCUT2D eigenvalue weighted by Gasteiger charge is -2.06. The average Bonchev–Trinajstić information content (AvgIpc) is 3.62. The van der Waals surface area contributed by atoms with E-state index < -0.39 is 5.82 Å². The van der Waals surface area contributed by atoms with Crippen LogP contribution in [0.2, 0.25) is 0 Å². The lowest BCUT2D eigenvalue weighted by atomic mass is 10.1. The summed E-state index contributed by atoms with van der Waals surface area (Å²) in [6, 6.07) is 23.9. The maximum absolute atomic E-state index is 14.7. The van der Waals surface area contributed by atoms with Crippen LogP contribution in [0.1, 0.15) is 12.5 Å². The fourth-order valence-corrected chi connectivity index (χ4v) is 4.93. The summed E-state index contributed by atoms with van der Waals surface area (Å²) in [4.78, 5) is 18.3. The first-order chi connectivity index (χ1) is 18.1. The molecule has 0 N–H and O–H groups in total. The van der Waals surface area contributed by atoms with E-state index in [0.29, 0.717) is 38.7 Å². The molecule has 0 saturated heterocycles. The standard InChI is InChI=1S/C28H20FN5O2S/c1-2-36-23-14-13-19(15-22(23)29)25-20(17-33(31-25)21-11-7-4-8-12-21)16-24-27(35)34-28(37-24)30-26(32-34)18-9-5-3-6-10-18/h3-17H,2H2,1H3. The summed E-state index contributed by atoms with van der Waals surface area (Å²) in [6.07, 6.45) is 3.57. The smallest absolute Gasteiger partial charge is 0.291 e. The SMILES string of the molecule is CCOc1ccc(-c2nn(-c3ccccc3)cc2C=c2sc3nc(-c4ccccc4)nn3c2=O)cc1F. The molecule has 3 aromatic heterocycles. The number of aromatic nitrogens is 5. The van der Waals surface area contributed by atoms with Crippen molar-refractivity contribution in [3.63, 3.8) is 0 Å². The molecule has 7 nitrogen and oxygen atoms in total. The largest absolute Gasteiger partial charge is 0.491 e. The van der Waals surface area contributed by atoms with Gasteiger partial charge < -0.3 is 4.74 Å². The van der Waals surface area contributed by atoms with Crippen molar-refractivity contribution >= 4 is 22.4 Å². The molecule has 6 rings (SSSR count). The van der Waals surface area contributed by atoms with Crippen molar-refractivity contribution in [3.8, 4) is 34.1 Å². The summed E-state index contributed by atoms with van der Waals surface area (Å²) in [7, 11) is 0. The van der Waals surface area contributed by atoms with Gasteiger partial charge in [0.25, 0.3) is 5.56 Å². The normalized spacial score (nSPS) is 11.9. The van der Waals surface area contributed by atoms with Crippen molar-refractivity contribution in [2.75, 3.05) is 6.61 Å². The minimum absolute atomic E-state index is 0.181. The molecule has 6 aromatic rings. The first-order valence-electron chi connectivity index (χ1n) is 11.7. The van der Waals surface area contributed by atoms with Gasteiger partial charge in [-0.1, -0.05) is 59.9 Å². The molecule has 0 radical (unpaired) electrons. The molecule has 3 heterocycles. The quantitative estimate of drug-likeness (QED) is 0.324. The van der Waals surface area contributed by atoms with E-state index >= 15 is 0 Å². The summed E-state index contributed by atoms with van der Waals surface area (Å²) in [6.45, 7) is 2.17. The highest BCUT2D eigenvalue weighted by molar-refractivity contribution is 7.15. The Morgan fingerprint density at radius 2 is 1.73 bits per heavy atom. The fraction of sp³-hybridized carbons (Fsp3) is 0.0714. The Bertz CT molecular complexity index is 1830. The van der Waals surface area contributed by atoms with Crippen molar-refractivity contribution in [1.29, 1.82) is 0 Å². The summed E-state index contributed by atoms with van der Waals surface area (Å²) < 4.78 is 23.5. The van der Waals surface area contributed by atoms with Gasteiger partial charge in [0, 0.05) is 22.9 Å². The summed E-state index contributed by atoms with van der Waals surface area (Å²) in [5.41, 5.74) is 3.18. The van der Waals surface area contributed by atoms with Crippen LogP contribution in [-0.4, -0.2) is 31.0 Å². The molecule has 0 aliphatic carbocycles. The molecule has 0 amide bonds. The third-order valence-corrected chi connectivity index (χ3v) is 6.73. The lowest BCUT2D eigenvalue weighted by molar-refractivity contribution is 0.321. The number of ether oxygens (including phenoxy) is 1. The molecular weight excluding hydrogens is 489 g/mol. The third kappa shape index (κ3) is 4.30. The first-order valence-corrected chi connectivity index (χ1v) is 12.5. The zero-order valence-corrected chi connectivity index (χ0v) is 20.5. The average molecular weight is 510 g/mol. The van der Waals surface area contributed by atoms with E-state index in [1.807, 2.05) is 66.9 Å². The van der Waals surface area contributed by atoms with Crippen LogP contribution in [0, 0.1) is 5.82 Å². The van der Waals surface area contributed by atoms with Crippen LogP contribution in [0.15, 0.2) is 89.9 Å². The molecule has 0 fully saturated rings. The minimum atomic E-state index is -0.476. The second-order valence-electron chi connectivity index (χ2n) is 8.20. The van der Waals surface area contributed by atoms with Gasteiger partial charge in [-0.05, 0) is 43.3 Å². The van der Waals surface area contributed by atoms with Crippen LogP contribution < -0.4 is 14.8 Å². The molecule has 0 unspecified atom stereocenters. The van der Waals surface area contributed by atoms with Gasteiger partial charge in [0.1, 0.15) is 5.69 Å². The molecule has 0 saturated carbocycles. The summed E-state index contributed by atoms with van der Waals surface area (Å²) >= 11 is 1.25. The van der Waals surface area contributed by atoms with Gasteiger partial charge >= 0.3 is 0 Å². The molecule has 0 bridgehead atoms. The van der Waals surface area contributed by atoms with Crippen LogP contribution in [0.25, 0.3) is 39.4 Å². The van der Waals surface area contributed by atoms with Crippen LogP contribution in [-0.2, 0) is 0 Å². The van der Waals surface area contributed by atoms with E-state index in [1.165, 1.54) is 21.9 Å². The van der Waals surface area contributed by atoms with Gasteiger partial charge in [0.05, 0.1) is 16.8 Å². The molecule has 0 aliphatic rings. The molecule has 9 heteroatoms. The van der Waals surface area contributed by atoms with Crippen molar-refractivity contribution in [1.82, 2.24) is 24.4 Å². The first kappa shape index (κ1) is 22.8. The van der Waals surface area contributed by atoms with Crippen molar-refractivity contribution < 1.29 is 9.13 Å². The van der Waals surface area contributed by atoms with Gasteiger partial charge in [-0.15, -0.1) is 5.10 Å². The second kappa shape index (κ2) is 9.44. The number of benzene rings is 3. The van der Waals surface area contributed by atoms with E-state index in [9.17, 15) is 9.18 Å². The number of thiazole rings is 1. The zero-order chi connectivity index (χ0) is 25.4. The van der Waals surface area contributed by atoms with Crippen LogP contribution in [0.4, 0.5) is 4.39 Å². The van der Waals surface area contributed by atoms with E-state index in [1.54, 1.807) is 29.8 Å². The number of nitrogens with zero attached hydrogens (tertiary/aromatic N) is 5. The van der Waals surface area contributed by atoms with Gasteiger partial charge in [-0.3, -0.25) is 4.79 Å². The number of para-hydroxylation sites is 1. The highest BCUT2D eigenvalue weighted by atomic mass is 32.1. The van der Waals surface area contributed by atoms with E-state index in [-0.39, 0.29) is 11.3 Å². The topological polar surface area (TPSA) is 74.3 Å². The number of rotatable bonds is 6. The van der Waals surface area contributed by atoms with Crippen LogP contribution >= 0.6 is 11.3 Å². The number of fused-ring (bicyclic) bond motifs is 1. The van der Waals surface area contributed by atoms with Crippen molar-refractivity contribution in [2.45, 2.75) is 6.92 Å². The predicted octanol–water partition coefficient (Wildman–Crippen LogP) is 4.76. The highest BCUT2D eigenvalue weighted by Gasteiger charge is 2.16. The van der Waals surface area contributed by atoms with Gasteiger partial charge in [-0.2, -0.15) is 14.6 Å². The Morgan fingerprint density at radius 3 is 2.43 bits per heavy atom. The number of halogens is 1. The number of hydrogen-bond acceptors (Lipinski definition) is 6. The predicted molar refractivity (Wildman–Crippen MR) is 141 cm³/mol. The number of hydrogen-bond donors (Lipinski definition) is 0. The van der Waals surface area contributed by atoms with Gasteiger partial charge in [-0.25, -0.2) is 9.07 Å². The van der Waals surface area contributed by atoms with E-state index in [4.69, 9.17) is 9.84 Å². The Balaban J connectivity index is 1.48. The Kier molecular flexibility index (Phi) is 5.82. The summed E-state index contributed by atoms with van der Waals surface area (Å²) in [5.74, 6) is 0.204.